The first-order chi connectivity index (χ1) is 8.79. The molecule has 0 saturated heterocycles. The van der Waals surface area contributed by atoms with E-state index in [0.29, 0.717) is 18.5 Å². The highest BCUT2D eigenvalue weighted by molar-refractivity contribution is 6.17. The van der Waals surface area contributed by atoms with Crippen LogP contribution in [0.5, 0.6) is 0 Å². The van der Waals surface area contributed by atoms with Gasteiger partial charge < -0.3 is 9.64 Å². The molecule has 0 bridgehead atoms. The van der Waals surface area contributed by atoms with Crippen LogP contribution in [0.2, 0.25) is 0 Å². The van der Waals surface area contributed by atoms with Gasteiger partial charge >= 0.3 is 6.09 Å². The van der Waals surface area contributed by atoms with E-state index in [4.69, 9.17) is 16.3 Å². The largest absolute Gasteiger partial charge is 0.449 e. The van der Waals surface area contributed by atoms with E-state index in [-0.39, 0.29) is 6.09 Å². The fourth-order valence-electron chi connectivity index (χ4n) is 2.43. The molecule has 0 aliphatic heterocycles. The van der Waals surface area contributed by atoms with Crippen LogP contribution >= 0.6 is 11.6 Å². The Bertz CT molecular complexity index is 230. The predicted molar refractivity (Wildman–Crippen MR) is 75.2 cm³/mol. The summed E-state index contributed by atoms with van der Waals surface area (Å²) in [5, 5.41) is 0. The van der Waals surface area contributed by atoms with Crippen LogP contribution in [0.1, 0.15) is 58.3 Å². The van der Waals surface area contributed by atoms with Gasteiger partial charge in [-0.25, -0.2) is 4.79 Å². The normalized spacial score (nSPS) is 16.6. The number of hydrogen-bond acceptors (Lipinski definition) is 2. The first-order valence-electron chi connectivity index (χ1n) is 7.29. The molecule has 0 spiro atoms. The molecule has 0 heterocycles. The monoisotopic (exact) mass is 275 g/mol. The first kappa shape index (κ1) is 15.6. The van der Waals surface area contributed by atoms with Crippen LogP contribution in [-0.4, -0.2) is 36.1 Å². The molecule has 0 atom stereocenters. The van der Waals surface area contributed by atoms with Gasteiger partial charge in [-0.2, -0.15) is 0 Å². The van der Waals surface area contributed by atoms with Crippen LogP contribution in [0, 0.1) is 0 Å². The second-order valence-corrected chi connectivity index (χ2v) is 5.37. The van der Waals surface area contributed by atoms with Crippen molar-refractivity contribution in [1.29, 1.82) is 0 Å². The molecule has 0 aromatic rings. The molecule has 1 fully saturated rings. The van der Waals surface area contributed by atoms with E-state index < -0.39 is 0 Å². The Morgan fingerprint density at radius 2 is 2.00 bits per heavy atom. The van der Waals surface area contributed by atoms with Crippen molar-refractivity contribution in [2.75, 3.05) is 19.0 Å². The molecular weight excluding hydrogens is 250 g/mol. The van der Waals surface area contributed by atoms with Gasteiger partial charge in [0.25, 0.3) is 0 Å². The van der Waals surface area contributed by atoms with Crippen molar-refractivity contribution in [2.24, 2.45) is 0 Å². The van der Waals surface area contributed by atoms with Crippen molar-refractivity contribution >= 4 is 17.7 Å². The average Bonchev–Trinajstić information content (AvgIpc) is 2.41. The minimum atomic E-state index is -0.138. The molecule has 0 aromatic carbocycles. The van der Waals surface area contributed by atoms with E-state index >= 15 is 0 Å². The van der Waals surface area contributed by atoms with Crippen LogP contribution in [0.3, 0.4) is 0 Å². The Kier molecular flexibility index (Phi) is 8.23. The molecule has 106 valence electrons. The Morgan fingerprint density at radius 3 is 2.61 bits per heavy atom. The Balaban J connectivity index is 2.44. The zero-order valence-corrected chi connectivity index (χ0v) is 12.3. The summed E-state index contributed by atoms with van der Waals surface area (Å²) in [5.41, 5.74) is 0. The summed E-state index contributed by atoms with van der Waals surface area (Å²) in [5.74, 6) is 0.603. The summed E-state index contributed by atoms with van der Waals surface area (Å²) in [6, 6.07) is 0.371. The third kappa shape index (κ3) is 5.47. The van der Waals surface area contributed by atoms with Crippen LogP contribution in [0.4, 0.5) is 4.79 Å². The first-order valence-corrected chi connectivity index (χ1v) is 7.82. The number of amides is 1. The van der Waals surface area contributed by atoms with E-state index in [2.05, 4.69) is 6.92 Å². The number of nitrogens with zero attached hydrogens (tertiary/aromatic N) is 1. The van der Waals surface area contributed by atoms with Crippen molar-refractivity contribution in [3.05, 3.63) is 0 Å². The van der Waals surface area contributed by atoms with Crippen LogP contribution < -0.4 is 0 Å². The molecule has 1 amide bonds. The summed E-state index contributed by atoms with van der Waals surface area (Å²) < 4.78 is 5.34. The average molecular weight is 276 g/mol. The number of carbonyl (C=O) groups is 1. The topological polar surface area (TPSA) is 29.5 Å². The number of alkyl halides is 1. The van der Waals surface area contributed by atoms with Gasteiger partial charge in [-0.05, 0) is 25.7 Å². The molecule has 1 rings (SSSR count). The lowest BCUT2D eigenvalue weighted by molar-refractivity contribution is 0.0761. The SMILES string of the molecule is CCCCOC(=O)N(CCCCl)C1CCCCC1. The van der Waals surface area contributed by atoms with Gasteiger partial charge in [0.15, 0.2) is 0 Å². The molecule has 0 unspecified atom stereocenters. The Morgan fingerprint density at radius 1 is 1.28 bits per heavy atom. The molecule has 0 radical (unpaired) electrons. The number of halogens is 1. The number of hydrogen-bond donors (Lipinski definition) is 0. The summed E-state index contributed by atoms with van der Waals surface area (Å²) >= 11 is 5.74. The molecule has 1 aliphatic carbocycles. The van der Waals surface area contributed by atoms with Gasteiger partial charge in [0.1, 0.15) is 0 Å². The zero-order chi connectivity index (χ0) is 13.2. The van der Waals surface area contributed by atoms with Gasteiger partial charge in [-0.15, -0.1) is 11.6 Å². The Labute approximate surface area is 116 Å². The van der Waals surface area contributed by atoms with Crippen molar-refractivity contribution in [2.45, 2.75) is 64.3 Å². The second-order valence-electron chi connectivity index (χ2n) is 5.00. The maximum Gasteiger partial charge on any atom is 0.410 e. The lowest BCUT2D eigenvalue weighted by Crippen LogP contribution is -2.42. The fraction of sp³-hybridized carbons (Fsp3) is 0.929. The third-order valence-electron chi connectivity index (χ3n) is 3.51. The lowest BCUT2D eigenvalue weighted by atomic mass is 9.94. The molecule has 18 heavy (non-hydrogen) atoms. The maximum atomic E-state index is 12.1. The van der Waals surface area contributed by atoms with Crippen molar-refractivity contribution in [3.63, 3.8) is 0 Å². The van der Waals surface area contributed by atoms with Crippen molar-refractivity contribution in [1.82, 2.24) is 4.90 Å². The summed E-state index contributed by atoms with van der Waals surface area (Å²) in [6.07, 6.45) is 8.69. The zero-order valence-electron chi connectivity index (χ0n) is 11.5. The number of ether oxygens (including phenoxy) is 1. The second kappa shape index (κ2) is 9.48. The van der Waals surface area contributed by atoms with Gasteiger partial charge in [-0.3, -0.25) is 0 Å². The van der Waals surface area contributed by atoms with Crippen LogP contribution in [-0.2, 0) is 4.74 Å². The quantitative estimate of drug-likeness (QED) is 0.515. The van der Waals surface area contributed by atoms with E-state index in [1.54, 1.807) is 0 Å². The van der Waals surface area contributed by atoms with Gasteiger partial charge in [-0.1, -0.05) is 32.6 Å². The molecule has 1 aliphatic rings. The third-order valence-corrected chi connectivity index (χ3v) is 3.77. The standard InChI is InChI=1S/C14H26ClNO2/c1-2-3-12-18-14(17)16(11-7-10-15)13-8-5-4-6-9-13/h13H,2-12H2,1H3. The van der Waals surface area contributed by atoms with E-state index in [1.165, 1.54) is 19.3 Å². The molecule has 1 saturated carbocycles. The molecular formula is C14H26ClNO2. The molecule has 4 heteroatoms. The van der Waals surface area contributed by atoms with E-state index in [1.807, 2.05) is 4.90 Å². The van der Waals surface area contributed by atoms with Crippen LogP contribution in [0.15, 0.2) is 0 Å². The minimum absolute atomic E-state index is 0.138. The number of rotatable bonds is 7. The smallest absolute Gasteiger partial charge is 0.410 e. The fourth-order valence-corrected chi connectivity index (χ4v) is 2.55. The van der Waals surface area contributed by atoms with E-state index in [0.717, 1.165) is 38.6 Å². The van der Waals surface area contributed by atoms with Gasteiger partial charge in [0, 0.05) is 18.5 Å². The highest BCUT2D eigenvalue weighted by Gasteiger charge is 2.25. The van der Waals surface area contributed by atoms with Crippen LogP contribution in [0.25, 0.3) is 0 Å². The number of unbranched alkanes of at least 4 members (excludes halogenated alkanes) is 1. The summed E-state index contributed by atoms with van der Waals surface area (Å²) in [4.78, 5) is 14.0. The van der Waals surface area contributed by atoms with Crippen molar-refractivity contribution < 1.29 is 9.53 Å². The van der Waals surface area contributed by atoms with E-state index in [9.17, 15) is 4.79 Å². The molecule has 0 aromatic heterocycles. The summed E-state index contributed by atoms with van der Waals surface area (Å²) in [6.45, 7) is 3.37. The minimum Gasteiger partial charge on any atom is -0.449 e. The highest BCUT2D eigenvalue weighted by Crippen LogP contribution is 2.23. The summed E-state index contributed by atoms with van der Waals surface area (Å²) in [7, 11) is 0. The molecule has 0 N–H and O–H groups in total. The lowest BCUT2D eigenvalue weighted by Gasteiger charge is -2.33. The maximum absolute atomic E-state index is 12.1. The van der Waals surface area contributed by atoms with Crippen molar-refractivity contribution in [3.8, 4) is 0 Å². The number of carbonyl (C=O) groups excluding carboxylic acids is 1. The predicted octanol–water partition coefficient (Wildman–Crippen LogP) is 4.19. The highest BCUT2D eigenvalue weighted by atomic mass is 35.5. The Hall–Kier alpha value is -0.440. The molecule has 3 nitrogen and oxygen atoms in total. The van der Waals surface area contributed by atoms with Gasteiger partial charge in [0.05, 0.1) is 6.61 Å². The van der Waals surface area contributed by atoms with Gasteiger partial charge in [0.2, 0.25) is 0 Å².